The fourth-order valence-corrected chi connectivity index (χ4v) is 5.26. The highest BCUT2D eigenvalue weighted by molar-refractivity contribution is 9.10. The number of carbonyl (C=O) groups is 1. The molecular weight excluding hydrogens is 498 g/mol. The third kappa shape index (κ3) is 6.49. The summed E-state index contributed by atoms with van der Waals surface area (Å²) in [5.74, 6) is 0.0979. The number of anilines is 1. The first-order valence-corrected chi connectivity index (χ1v) is 11.9. The molecule has 166 valence electrons. The average molecular weight is 525 g/mol. The van der Waals surface area contributed by atoms with Crippen LogP contribution in [0.2, 0.25) is 0 Å². The van der Waals surface area contributed by atoms with E-state index in [9.17, 15) is 4.79 Å². The Morgan fingerprint density at radius 1 is 1.23 bits per heavy atom. The number of thiazole rings is 1. The van der Waals surface area contributed by atoms with E-state index in [-0.39, 0.29) is 18.3 Å². The number of hydrogen-bond acceptors (Lipinski definition) is 5. The number of halogens is 2. The van der Waals surface area contributed by atoms with E-state index < -0.39 is 0 Å². The van der Waals surface area contributed by atoms with Gasteiger partial charge in [-0.25, -0.2) is 4.98 Å². The quantitative estimate of drug-likeness (QED) is 0.432. The summed E-state index contributed by atoms with van der Waals surface area (Å²) in [5, 5.41) is 0.780. The lowest BCUT2D eigenvalue weighted by Gasteiger charge is -2.27. The second kappa shape index (κ2) is 11.4. The number of morpholine rings is 1. The molecule has 1 aromatic heterocycles. The Morgan fingerprint density at radius 2 is 2.03 bits per heavy atom. The van der Waals surface area contributed by atoms with Gasteiger partial charge in [-0.3, -0.25) is 14.6 Å². The Labute approximate surface area is 201 Å². The zero-order valence-corrected chi connectivity index (χ0v) is 20.8. The predicted molar refractivity (Wildman–Crippen MR) is 134 cm³/mol. The van der Waals surface area contributed by atoms with Crippen molar-refractivity contribution in [2.75, 3.05) is 44.3 Å². The number of ether oxygens (including phenoxy) is 1. The highest BCUT2D eigenvalue weighted by atomic mass is 79.9. The average Bonchev–Trinajstić information content (AvgIpc) is 3.14. The molecule has 1 saturated heterocycles. The number of benzene rings is 2. The van der Waals surface area contributed by atoms with E-state index in [0.29, 0.717) is 13.0 Å². The van der Waals surface area contributed by atoms with Crippen LogP contribution in [-0.4, -0.2) is 55.2 Å². The van der Waals surface area contributed by atoms with Gasteiger partial charge in [0.1, 0.15) is 0 Å². The molecule has 1 aliphatic rings. The Morgan fingerprint density at radius 3 is 2.81 bits per heavy atom. The third-order valence-electron chi connectivity index (χ3n) is 5.27. The molecule has 0 aliphatic carbocycles. The molecule has 4 rings (SSSR count). The molecule has 3 aromatic rings. The van der Waals surface area contributed by atoms with Gasteiger partial charge in [-0.1, -0.05) is 57.1 Å². The molecule has 2 heterocycles. The van der Waals surface area contributed by atoms with E-state index in [1.807, 2.05) is 29.2 Å². The van der Waals surface area contributed by atoms with E-state index in [0.717, 1.165) is 64.7 Å². The van der Waals surface area contributed by atoms with Crippen LogP contribution in [0.25, 0.3) is 10.2 Å². The van der Waals surface area contributed by atoms with E-state index in [2.05, 4.69) is 46.0 Å². The number of fused-ring (bicyclic) bond motifs is 1. The molecular formula is C23H27BrClN3O2S. The van der Waals surface area contributed by atoms with Crippen LogP contribution in [0.4, 0.5) is 5.13 Å². The molecule has 0 bridgehead atoms. The van der Waals surface area contributed by atoms with Crippen molar-refractivity contribution in [1.82, 2.24) is 9.88 Å². The summed E-state index contributed by atoms with van der Waals surface area (Å²) in [4.78, 5) is 22.4. The second-order valence-corrected chi connectivity index (χ2v) is 9.55. The van der Waals surface area contributed by atoms with Crippen LogP contribution in [-0.2, 0) is 16.0 Å². The normalized spacial score (nSPS) is 14.4. The number of carbonyl (C=O) groups excluding carboxylic acids is 1. The SMILES string of the molecule is Cc1cccc(CC(=O)N(CCCN2CCOCC2)c2nc3ccc(Br)cc3s2)c1.Cl. The van der Waals surface area contributed by atoms with Gasteiger partial charge in [0.25, 0.3) is 0 Å². The summed E-state index contributed by atoms with van der Waals surface area (Å²) in [6.07, 6.45) is 1.30. The smallest absolute Gasteiger partial charge is 0.233 e. The summed E-state index contributed by atoms with van der Waals surface area (Å²) in [6.45, 7) is 7.21. The molecule has 1 fully saturated rings. The lowest BCUT2D eigenvalue weighted by molar-refractivity contribution is -0.118. The fraction of sp³-hybridized carbons (Fsp3) is 0.391. The fourth-order valence-electron chi connectivity index (χ4n) is 3.70. The number of amides is 1. The Hall–Kier alpha value is -1.51. The maximum Gasteiger partial charge on any atom is 0.233 e. The minimum atomic E-state index is 0. The summed E-state index contributed by atoms with van der Waals surface area (Å²) in [5.41, 5.74) is 3.14. The van der Waals surface area contributed by atoms with E-state index in [1.165, 1.54) is 5.56 Å². The molecule has 0 N–H and O–H groups in total. The third-order valence-corrected chi connectivity index (χ3v) is 6.80. The van der Waals surface area contributed by atoms with Gasteiger partial charge in [0.15, 0.2) is 5.13 Å². The molecule has 8 heteroatoms. The number of nitrogens with zero attached hydrogens (tertiary/aromatic N) is 3. The maximum absolute atomic E-state index is 13.3. The first-order chi connectivity index (χ1) is 14.6. The van der Waals surface area contributed by atoms with Gasteiger partial charge in [0.05, 0.1) is 29.9 Å². The van der Waals surface area contributed by atoms with Crippen molar-refractivity contribution in [1.29, 1.82) is 0 Å². The van der Waals surface area contributed by atoms with Gasteiger partial charge in [-0.05, 0) is 37.1 Å². The lowest BCUT2D eigenvalue weighted by atomic mass is 10.1. The number of rotatable bonds is 7. The first-order valence-electron chi connectivity index (χ1n) is 10.3. The molecule has 31 heavy (non-hydrogen) atoms. The van der Waals surface area contributed by atoms with Crippen LogP contribution < -0.4 is 4.90 Å². The van der Waals surface area contributed by atoms with Gasteiger partial charge in [-0.2, -0.15) is 0 Å². The van der Waals surface area contributed by atoms with Crippen LogP contribution in [0.15, 0.2) is 46.9 Å². The van der Waals surface area contributed by atoms with Crippen LogP contribution >= 0.6 is 39.7 Å². The van der Waals surface area contributed by atoms with Crippen molar-refractivity contribution >= 4 is 60.9 Å². The molecule has 1 aliphatic heterocycles. The van der Waals surface area contributed by atoms with Crippen molar-refractivity contribution in [3.8, 4) is 0 Å². The van der Waals surface area contributed by atoms with Gasteiger partial charge in [-0.15, -0.1) is 12.4 Å². The van der Waals surface area contributed by atoms with Gasteiger partial charge >= 0.3 is 0 Å². The Kier molecular flexibility index (Phi) is 8.86. The Balaban J connectivity index is 0.00000272. The standard InChI is InChI=1S/C23H26BrN3O2S.ClH/c1-17-4-2-5-18(14-17)15-22(28)27(9-3-8-26-10-12-29-13-11-26)23-25-20-7-6-19(24)16-21(20)30-23;/h2,4-7,14,16H,3,8-13,15H2,1H3;1H. The van der Waals surface area contributed by atoms with Gasteiger partial charge < -0.3 is 4.74 Å². The highest BCUT2D eigenvalue weighted by Crippen LogP contribution is 2.31. The Bertz CT molecular complexity index is 1020. The largest absolute Gasteiger partial charge is 0.379 e. The zero-order valence-electron chi connectivity index (χ0n) is 17.6. The van der Waals surface area contributed by atoms with E-state index in [4.69, 9.17) is 9.72 Å². The molecule has 0 radical (unpaired) electrons. The van der Waals surface area contributed by atoms with E-state index in [1.54, 1.807) is 11.3 Å². The highest BCUT2D eigenvalue weighted by Gasteiger charge is 2.21. The van der Waals surface area contributed by atoms with Crippen molar-refractivity contribution in [2.45, 2.75) is 19.8 Å². The van der Waals surface area contributed by atoms with Gasteiger partial charge in [0.2, 0.25) is 5.91 Å². The summed E-state index contributed by atoms with van der Waals surface area (Å²) >= 11 is 5.11. The van der Waals surface area contributed by atoms with Crippen molar-refractivity contribution in [2.24, 2.45) is 0 Å². The molecule has 5 nitrogen and oxygen atoms in total. The molecule has 1 amide bonds. The van der Waals surface area contributed by atoms with Crippen LogP contribution in [0.3, 0.4) is 0 Å². The molecule has 0 atom stereocenters. The number of aromatic nitrogens is 1. The summed E-state index contributed by atoms with van der Waals surface area (Å²) in [7, 11) is 0. The van der Waals surface area contributed by atoms with Crippen LogP contribution in [0, 0.1) is 6.92 Å². The van der Waals surface area contributed by atoms with Crippen LogP contribution in [0.5, 0.6) is 0 Å². The van der Waals surface area contributed by atoms with Crippen molar-refractivity contribution in [3.63, 3.8) is 0 Å². The minimum absolute atomic E-state index is 0. The predicted octanol–water partition coefficient (Wildman–Crippen LogP) is 5.09. The zero-order chi connectivity index (χ0) is 20.9. The van der Waals surface area contributed by atoms with E-state index >= 15 is 0 Å². The topological polar surface area (TPSA) is 45.7 Å². The molecule has 0 spiro atoms. The lowest BCUT2D eigenvalue weighted by Crippen LogP contribution is -2.39. The first kappa shape index (κ1) is 24.1. The minimum Gasteiger partial charge on any atom is -0.379 e. The van der Waals surface area contributed by atoms with Crippen molar-refractivity contribution in [3.05, 3.63) is 58.1 Å². The van der Waals surface area contributed by atoms with Crippen molar-refractivity contribution < 1.29 is 9.53 Å². The maximum atomic E-state index is 13.3. The molecule has 2 aromatic carbocycles. The second-order valence-electron chi connectivity index (χ2n) is 7.63. The summed E-state index contributed by atoms with van der Waals surface area (Å²) in [6, 6.07) is 14.2. The number of hydrogen-bond donors (Lipinski definition) is 0. The van der Waals surface area contributed by atoms with Crippen LogP contribution in [0.1, 0.15) is 17.5 Å². The number of aryl methyl sites for hydroxylation is 1. The monoisotopic (exact) mass is 523 g/mol. The summed E-state index contributed by atoms with van der Waals surface area (Å²) < 4.78 is 7.54. The van der Waals surface area contributed by atoms with Gasteiger partial charge in [0, 0.05) is 30.7 Å². The molecule has 0 unspecified atom stereocenters. The molecule has 0 saturated carbocycles.